The first-order valence-corrected chi connectivity index (χ1v) is 8.76. The van der Waals surface area contributed by atoms with Gasteiger partial charge in [-0.15, -0.1) is 0 Å². The Labute approximate surface area is 158 Å². The topological polar surface area (TPSA) is 89.4 Å². The standard InChI is InChI=1S/C18H17BrN2O5/c1-2-24-16-8-11(7-13(19)17(16)22)10-20-21-18(23)12-3-4-14-15(9-12)26-6-5-25-14/h3-4,7-10,22H,2,5-6H2,1H3,(H,21,23)/b20-10-. The molecule has 1 heterocycles. The quantitative estimate of drug-likeness (QED) is 0.572. The summed E-state index contributed by atoms with van der Waals surface area (Å²) in [7, 11) is 0. The van der Waals surface area contributed by atoms with Crippen molar-refractivity contribution in [1.82, 2.24) is 5.43 Å². The third-order valence-electron chi connectivity index (χ3n) is 3.53. The van der Waals surface area contributed by atoms with Crippen LogP contribution < -0.4 is 19.6 Å². The molecule has 3 rings (SSSR count). The average Bonchev–Trinajstić information content (AvgIpc) is 2.65. The Hall–Kier alpha value is -2.74. The Balaban J connectivity index is 1.69. The molecule has 2 N–H and O–H groups in total. The van der Waals surface area contributed by atoms with Crippen LogP contribution in [0.4, 0.5) is 0 Å². The number of nitrogens with zero attached hydrogens (tertiary/aromatic N) is 1. The second-order valence-corrected chi connectivity index (χ2v) is 6.19. The number of hydrogen-bond acceptors (Lipinski definition) is 6. The van der Waals surface area contributed by atoms with Gasteiger partial charge in [-0.2, -0.15) is 5.10 Å². The molecule has 0 aromatic heterocycles. The zero-order valence-electron chi connectivity index (χ0n) is 14.0. The number of amides is 1. The van der Waals surface area contributed by atoms with E-state index in [1.807, 2.05) is 6.92 Å². The predicted octanol–water partition coefficient (Wildman–Crippen LogP) is 3.09. The largest absolute Gasteiger partial charge is 0.503 e. The van der Waals surface area contributed by atoms with Crippen LogP contribution >= 0.6 is 15.9 Å². The summed E-state index contributed by atoms with van der Waals surface area (Å²) in [6, 6.07) is 8.24. The van der Waals surface area contributed by atoms with Gasteiger partial charge in [0, 0.05) is 5.56 Å². The highest BCUT2D eigenvalue weighted by Gasteiger charge is 2.14. The molecule has 2 aromatic carbocycles. The van der Waals surface area contributed by atoms with E-state index < -0.39 is 0 Å². The number of aromatic hydroxyl groups is 1. The number of halogens is 1. The van der Waals surface area contributed by atoms with E-state index in [0.717, 1.165) is 0 Å². The summed E-state index contributed by atoms with van der Waals surface area (Å²) < 4.78 is 16.7. The van der Waals surface area contributed by atoms with Crippen LogP contribution in [0.2, 0.25) is 0 Å². The number of hydrazone groups is 1. The zero-order chi connectivity index (χ0) is 18.5. The minimum atomic E-state index is -0.374. The lowest BCUT2D eigenvalue weighted by atomic mass is 10.2. The fraction of sp³-hybridized carbons (Fsp3) is 0.222. The van der Waals surface area contributed by atoms with Gasteiger partial charge in [0.15, 0.2) is 23.0 Å². The number of phenolic OH excluding ortho intramolecular Hbond substituents is 1. The first kappa shape index (κ1) is 18.1. The molecule has 0 aliphatic carbocycles. The van der Waals surface area contributed by atoms with Crippen LogP contribution in [-0.4, -0.2) is 37.0 Å². The molecule has 0 radical (unpaired) electrons. The monoisotopic (exact) mass is 420 g/mol. The van der Waals surface area contributed by atoms with Crippen LogP contribution in [0.5, 0.6) is 23.0 Å². The normalized spacial score (nSPS) is 12.8. The van der Waals surface area contributed by atoms with Crippen molar-refractivity contribution in [1.29, 1.82) is 0 Å². The molecule has 0 atom stereocenters. The number of nitrogens with one attached hydrogen (secondary N) is 1. The molecular weight excluding hydrogens is 404 g/mol. The average molecular weight is 421 g/mol. The van der Waals surface area contributed by atoms with Gasteiger partial charge in [-0.05, 0) is 58.7 Å². The van der Waals surface area contributed by atoms with Gasteiger partial charge in [0.25, 0.3) is 5.91 Å². The van der Waals surface area contributed by atoms with Gasteiger partial charge in [0.1, 0.15) is 13.2 Å². The highest BCUT2D eigenvalue weighted by molar-refractivity contribution is 9.10. The third kappa shape index (κ3) is 4.08. The van der Waals surface area contributed by atoms with Gasteiger partial charge in [0.2, 0.25) is 0 Å². The molecule has 26 heavy (non-hydrogen) atoms. The van der Waals surface area contributed by atoms with Gasteiger partial charge in [-0.3, -0.25) is 4.79 Å². The van der Waals surface area contributed by atoms with Crippen molar-refractivity contribution in [3.05, 3.63) is 45.9 Å². The first-order chi connectivity index (χ1) is 12.6. The third-order valence-corrected chi connectivity index (χ3v) is 4.14. The van der Waals surface area contributed by atoms with Crippen LogP contribution in [0.25, 0.3) is 0 Å². The number of phenols is 1. The maximum atomic E-state index is 12.2. The molecule has 0 saturated carbocycles. The Morgan fingerprint density at radius 3 is 2.85 bits per heavy atom. The van der Waals surface area contributed by atoms with Crippen molar-refractivity contribution in [3.63, 3.8) is 0 Å². The summed E-state index contributed by atoms with van der Waals surface area (Å²) in [5.74, 6) is 1.14. The molecule has 8 heteroatoms. The van der Waals surface area contributed by atoms with Gasteiger partial charge in [0.05, 0.1) is 17.3 Å². The lowest BCUT2D eigenvalue weighted by Gasteiger charge is -2.18. The molecule has 1 aliphatic heterocycles. The van der Waals surface area contributed by atoms with Crippen molar-refractivity contribution in [2.75, 3.05) is 19.8 Å². The number of rotatable bonds is 5. The van der Waals surface area contributed by atoms with Gasteiger partial charge >= 0.3 is 0 Å². The number of benzene rings is 2. The van der Waals surface area contributed by atoms with Crippen LogP contribution in [0, 0.1) is 0 Å². The van der Waals surface area contributed by atoms with Crippen LogP contribution in [0.3, 0.4) is 0 Å². The summed E-state index contributed by atoms with van der Waals surface area (Å²) in [4.78, 5) is 12.2. The maximum Gasteiger partial charge on any atom is 0.271 e. The maximum absolute atomic E-state index is 12.2. The lowest BCUT2D eigenvalue weighted by molar-refractivity contribution is 0.0954. The second-order valence-electron chi connectivity index (χ2n) is 5.34. The van der Waals surface area contributed by atoms with Crippen molar-refractivity contribution >= 4 is 28.1 Å². The number of ether oxygens (including phenoxy) is 3. The molecule has 1 aliphatic rings. The highest BCUT2D eigenvalue weighted by Crippen LogP contribution is 2.35. The zero-order valence-corrected chi connectivity index (χ0v) is 15.6. The van der Waals surface area contributed by atoms with Crippen LogP contribution in [-0.2, 0) is 0 Å². The van der Waals surface area contributed by atoms with Gasteiger partial charge in [-0.1, -0.05) is 0 Å². The fourth-order valence-electron chi connectivity index (χ4n) is 2.35. The van der Waals surface area contributed by atoms with E-state index in [1.54, 1.807) is 30.3 Å². The van der Waals surface area contributed by atoms with E-state index in [1.165, 1.54) is 6.21 Å². The summed E-state index contributed by atoms with van der Waals surface area (Å²) >= 11 is 3.25. The van der Waals surface area contributed by atoms with Crippen molar-refractivity contribution < 1.29 is 24.1 Å². The van der Waals surface area contributed by atoms with E-state index in [9.17, 15) is 9.90 Å². The molecule has 0 unspecified atom stereocenters. The predicted molar refractivity (Wildman–Crippen MR) is 99.5 cm³/mol. The smallest absolute Gasteiger partial charge is 0.271 e. The molecule has 2 aromatic rings. The van der Waals surface area contributed by atoms with Crippen molar-refractivity contribution in [3.8, 4) is 23.0 Å². The number of carbonyl (C=O) groups excluding carboxylic acids is 1. The number of hydrogen-bond donors (Lipinski definition) is 2. The molecule has 0 fully saturated rings. The Morgan fingerprint density at radius 1 is 1.31 bits per heavy atom. The minimum Gasteiger partial charge on any atom is -0.503 e. The molecule has 0 bridgehead atoms. The summed E-state index contributed by atoms with van der Waals surface area (Å²) in [5.41, 5.74) is 3.52. The number of carbonyl (C=O) groups is 1. The molecule has 7 nitrogen and oxygen atoms in total. The second kappa shape index (κ2) is 8.09. The lowest BCUT2D eigenvalue weighted by Crippen LogP contribution is -2.19. The van der Waals surface area contributed by atoms with E-state index >= 15 is 0 Å². The van der Waals surface area contributed by atoms with E-state index in [2.05, 4.69) is 26.5 Å². The van der Waals surface area contributed by atoms with E-state index in [-0.39, 0.29) is 11.7 Å². The molecular formula is C18H17BrN2O5. The van der Waals surface area contributed by atoms with Crippen molar-refractivity contribution in [2.45, 2.75) is 6.92 Å². The van der Waals surface area contributed by atoms with Gasteiger partial charge in [-0.25, -0.2) is 5.43 Å². The fourth-order valence-corrected chi connectivity index (χ4v) is 2.81. The summed E-state index contributed by atoms with van der Waals surface area (Å²) in [5, 5.41) is 13.9. The minimum absolute atomic E-state index is 0.0179. The Kier molecular flexibility index (Phi) is 5.62. The van der Waals surface area contributed by atoms with Crippen LogP contribution in [0.15, 0.2) is 39.9 Å². The SMILES string of the molecule is CCOc1cc(/C=N\NC(=O)c2ccc3c(c2)OCCO3)cc(Br)c1O. The Morgan fingerprint density at radius 2 is 2.08 bits per heavy atom. The summed E-state index contributed by atoms with van der Waals surface area (Å²) in [6.45, 7) is 3.19. The summed E-state index contributed by atoms with van der Waals surface area (Å²) in [6.07, 6.45) is 1.46. The first-order valence-electron chi connectivity index (χ1n) is 7.97. The molecule has 1 amide bonds. The van der Waals surface area contributed by atoms with Crippen LogP contribution in [0.1, 0.15) is 22.8 Å². The van der Waals surface area contributed by atoms with E-state index in [0.29, 0.717) is 52.7 Å². The molecule has 136 valence electrons. The van der Waals surface area contributed by atoms with E-state index in [4.69, 9.17) is 14.2 Å². The highest BCUT2D eigenvalue weighted by atomic mass is 79.9. The van der Waals surface area contributed by atoms with Gasteiger partial charge < -0.3 is 19.3 Å². The molecule has 0 spiro atoms. The Bertz CT molecular complexity index is 854. The van der Waals surface area contributed by atoms with Crippen molar-refractivity contribution in [2.24, 2.45) is 5.10 Å². The molecule has 0 saturated heterocycles. The number of fused-ring (bicyclic) bond motifs is 1.